The summed E-state index contributed by atoms with van der Waals surface area (Å²) in [5, 5.41) is 26.3. The summed E-state index contributed by atoms with van der Waals surface area (Å²) in [5.74, 6) is 0.307. The normalized spacial score (nSPS) is 18.2. The number of rotatable bonds is 10. The van der Waals surface area contributed by atoms with E-state index in [1.165, 1.54) is 12.1 Å². The van der Waals surface area contributed by atoms with Crippen LogP contribution in [0.5, 0.6) is 0 Å². The Morgan fingerprint density at radius 1 is 1.27 bits per heavy atom. The fraction of sp³-hybridized carbons (Fsp3) is 0.588. The molecule has 0 radical (unpaired) electrons. The van der Waals surface area contributed by atoms with Crippen LogP contribution in [0.15, 0.2) is 23.3 Å². The van der Waals surface area contributed by atoms with E-state index in [2.05, 4.69) is 17.5 Å². The van der Waals surface area contributed by atoms with Gasteiger partial charge in [0.2, 0.25) is 0 Å². The Morgan fingerprint density at radius 3 is 2.77 bits per heavy atom. The van der Waals surface area contributed by atoms with E-state index in [1.54, 1.807) is 0 Å². The molecule has 1 N–H and O–H groups in total. The summed E-state index contributed by atoms with van der Waals surface area (Å²) < 4.78 is 5.60. The lowest BCUT2D eigenvalue weighted by Crippen LogP contribution is -2.12. The molecule has 0 bridgehead atoms. The maximum Gasteiger partial charge on any atom is 0.301 e. The first-order valence-electron chi connectivity index (χ1n) is 8.86. The number of unbranched alkanes of at least 4 members (excludes halogenated alkanes) is 1. The molecule has 0 amide bonds. The van der Waals surface area contributed by atoms with Crippen molar-refractivity contribution in [3.63, 3.8) is 0 Å². The van der Waals surface area contributed by atoms with Gasteiger partial charge in [0.1, 0.15) is 5.69 Å². The van der Waals surface area contributed by atoms with E-state index < -0.39 is 9.85 Å². The maximum atomic E-state index is 11.2. The molecule has 1 aliphatic rings. The molecule has 0 saturated heterocycles. The molecule has 1 aromatic carbocycles. The number of benzene rings is 1. The van der Waals surface area contributed by atoms with Crippen molar-refractivity contribution >= 4 is 22.8 Å². The first kappa shape index (κ1) is 19.8. The molecule has 2 rings (SSSR count). The number of nitrogens with one attached hydrogen (secondary N) is 1. The number of hydrogen-bond donors (Lipinski definition) is 1. The Balaban J connectivity index is 2.01. The van der Waals surface area contributed by atoms with Crippen LogP contribution >= 0.6 is 0 Å². The first-order valence-corrected chi connectivity index (χ1v) is 8.86. The first-order chi connectivity index (χ1) is 12.5. The molecule has 1 aromatic rings. The summed E-state index contributed by atoms with van der Waals surface area (Å²) in [7, 11) is 0. The van der Waals surface area contributed by atoms with Gasteiger partial charge in [-0.25, -0.2) is 0 Å². The van der Waals surface area contributed by atoms with Gasteiger partial charge in [0.25, 0.3) is 5.69 Å². The van der Waals surface area contributed by atoms with E-state index in [1.807, 2.05) is 0 Å². The minimum atomic E-state index is -0.659. The van der Waals surface area contributed by atoms with Crippen molar-refractivity contribution in [2.45, 2.75) is 45.4 Å². The third kappa shape index (κ3) is 5.48. The van der Waals surface area contributed by atoms with Gasteiger partial charge in [-0.3, -0.25) is 25.7 Å². The van der Waals surface area contributed by atoms with Gasteiger partial charge in [0.15, 0.2) is 0 Å². The summed E-state index contributed by atoms with van der Waals surface area (Å²) in [5.41, 5.74) is 3.16. The third-order valence-electron chi connectivity index (χ3n) is 4.42. The van der Waals surface area contributed by atoms with Gasteiger partial charge >= 0.3 is 5.69 Å². The zero-order chi connectivity index (χ0) is 18.9. The van der Waals surface area contributed by atoms with E-state index in [0.29, 0.717) is 12.5 Å². The van der Waals surface area contributed by atoms with Gasteiger partial charge < -0.3 is 4.74 Å². The summed E-state index contributed by atoms with van der Waals surface area (Å²) in [6.45, 7) is 3.57. The van der Waals surface area contributed by atoms with Gasteiger partial charge in [-0.15, -0.1) is 0 Å². The molecule has 1 unspecified atom stereocenters. The van der Waals surface area contributed by atoms with Crippen molar-refractivity contribution in [2.75, 3.05) is 18.6 Å². The number of hydrogen-bond acceptors (Lipinski definition) is 7. The molecular weight excluding hydrogens is 340 g/mol. The van der Waals surface area contributed by atoms with E-state index >= 15 is 0 Å². The molecule has 9 nitrogen and oxygen atoms in total. The van der Waals surface area contributed by atoms with Crippen molar-refractivity contribution in [1.82, 2.24) is 0 Å². The van der Waals surface area contributed by atoms with E-state index in [-0.39, 0.29) is 17.1 Å². The molecule has 1 fully saturated rings. The summed E-state index contributed by atoms with van der Waals surface area (Å²) in [6.07, 6.45) is 5.94. The van der Waals surface area contributed by atoms with Gasteiger partial charge in [-0.2, -0.15) is 5.10 Å². The molecule has 0 heterocycles. The average Bonchev–Trinajstić information content (AvgIpc) is 3.06. The topological polar surface area (TPSA) is 120 Å². The average molecular weight is 364 g/mol. The molecule has 1 atom stereocenters. The molecule has 0 aliphatic heterocycles. The van der Waals surface area contributed by atoms with Gasteiger partial charge in [-0.05, 0) is 38.2 Å². The van der Waals surface area contributed by atoms with E-state index in [0.717, 1.165) is 56.9 Å². The zero-order valence-corrected chi connectivity index (χ0v) is 14.8. The predicted octanol–water partition coefficient (Wildman–Crippen LogP) is 4.28. The third-order valence-corrected chi connectivity index (χ3v) is 4.42. The van der Waals surface area contributed by atoms with Crippen molar-refractivity contribution in [3.8, 4) is 0 Å². The molecule has 9 heteroatoms. The van der Waals surface area contributed by atoms with Crippen LogP contribution in [0.25, 0.3) is 0 Å². The Bertz CT molecular complexity index is 677. The SMILES string of the molecule is CCCCOCCC1CCC/C1=N\Nc1ccc([N+](=O)[O-])cc1[N+](=O)[O-]. The number of anilines is 1. The van der Waals surface area contributed by atoms with E-state index in [9.17, 15) is 20.2 Å². The second-order valence-electron chi connectivity index (χ2n) is 6.27. The van der Waals surface area contributed by atoms with Crippen molar-refractivity contribution < 1.29 is 14.6 Å². The molecular formula is C17H24N4O5. The molecule has 1 aliphatic carbocycles. The number of ether oxygens (including phenoxy) is 1. The highest BCUT2D eigenvalue weighted by Crippen LogP contribution is 2.30. The zero-order valence-electron chi connectivity index (χ0n) is 14.8. The Hall–Kier alpha value is -2.55. The minimum absolute atomic E-state index is 0.151. The molecule has 142 valence electrons. The quantitative estimate of drug-likeness (QED) is 0.376. The van der Waals surface area contributed by atoms with Gasteiger partial charge in [0.05, 0.1) is 15.9 Å². The Labute approximate surface area is 151 Å². The molecule has 0 spiro atoms. The fourth-order valence-corrected chi connectivity index (χ4v) is 2.94. The monoisotopic (exact) mass is 364 g/mol. The smallest absolute Gasteiger partial charge is 0.301 e. The largest absolute Gasteiger partial charge is 0.381 e. The standard InChI is InChI=1S/C17H24N4O5/c1-2-3-10-26-11-9-13-5-4-6-15(13)18-19-16-8-7-14(20(22)23)12-17(16)21(24)25/h7-8,12-13,19H,2-6,9-11H2,1H3/b18-15+. The summed E-state index contributed by atoms with van der Waals surface area (Å²) in [6, 6.07) is 3.48. The number of nitro benzene ring substituents is 2. The second-order valence-corrected chi connectivity index (χ2v) is 6.27. The maximum absolute atomic E-state index is 11.2. The van der Waals surface area contributed by atoms with Crippen molar-refractivity contribution in [3.05, 3.63) is 38.4 Å². The van der Waals surface area contributed by atoms with Crippen LogP contribution in [0, 0.1) is 26.1 Å². The van der Waals surface area contributed by atoms with Gasteiger partial charge in [0, 0.05) is 30.9 Å². The van der Waals surface area contributed by atoms with Crippen LogP contribution in [-0.2, 0) is 4.74 Å². The van der Waals surface area contributed by atoms with Gasteiger partial charge in [-0.1, -0.05) is 13.3 Å². The highest BCUT2D eigenvalue weighted by molar-refractivity contribution is 5.89. The highest BCUT2D eigenvalue weighted by atomic mass is 16.6. The molecule has 0 aromatic heterocycles. The van der Waals surface area contributed by atoms with Crippen LogP contribution in [-0.4, -0.2) is 28.8 Å². The van der Waals surface area contributed by atoms with Crippen LogP contribution in [0.1, 0.15) is 45.4 Å². The van der Waals surface area contributed by atoms with Crippen LogP contribution in [0.4, 0.5) is 17.1 Å². The van der Waals surface area contributed by atoms with E-state index in [4.69, 9.17) is 4.74 Å². The number of nitrogens with zero attached hydrogens (tertiary/aromatic N) is 3. The molecule has 1 saturated carbocycles. The second kappa shape index (κ2) is 9.81. The van der Waals surface area contributed by atoms with Crippen LogP contribution in [0.3, 0.4) is 0 Å². The lowest BCUT2D eigenvalue weighted by molar-refractivity contribution is -0.393. The number of nitro groups is 2. The Morgan fingerprint density at radius 2 is 2.08 bits per heavy atom. The van der Waals surface area contributed by atoms with Crippen LogP contribution < -0.4 is 5.43 Å². The lowest BCUT2D eigenvalue weighted by Gasteiger charge is -2.12. The lowest BCUT2D eigenvalue weighted by atomic mass is 10.0. The number of hydrazone groups is 1. The minimum Gasteiger partial charge on any atom is -0.381 e. The fourth-order valence-electron chi connectivity index (χ4n) is 2.94. The summed E-state index contributed by atoms with van der Waals surface area (Å²) >= 11 is 0. The molecule has 26 heavy (non-hydrogen) atoms. The summed E-state index contributed by atoms with van der Waals surface area (Å²) in [4.78, 5) is 20.6. The number of non-ortho nitro benzene ring substituents is 1. The Kier molecular flexibility index (Phi) is 7.46. The highest BCUT2D eigenvalue weighted by Gasteiger charge is 2.24. The predicted molar refractivity (Wildman–Crippen MR) is 98.5 cm³/mol. The van der Waals surface area contributed by atoms with Crippen molar-refractivity contribution in [1.29, 1.82) is 0 Å². The van der Waals surface area contributed by atoms with Crippen molar-refractivity contribution in [2.24, 2.45) is 11.0 Å². The van der Waals surface area contributed by atoms with Crippen LogP contribution in [0.2, 0.25) is 0 Å².